The van der Waals surface area contributed by atoms with Gasteiger partial charge in [-0.25, -0.2) is 0 Å². The van der Waals surface area contributed by atoms with Crippen LogP contribution < -0.4 is 0 Å². The summed E-state index contributed by atoms with van der Waals surface area (Å²) in [7, 11) is 0. The summed E-state index contributed by atoms with van der Waals surface area (Å²) in [5.41, 5.74) is 1.43. The Labute approximate surface area is 137 Å². The standard InChI is InChI=1S/C15H11Cl3OS/c1-20-12-9-5-8-11(13(12)15(16,17)18)14(19)10-6-3-2-4-7-10/h2-9H,1H3. The molecule has 0 bridgehead atoms. The number of hydrogen-bond acceptors (Lipinski definition) is 2. The Hall–Kier alpha value is -0.670. The maximum absolute atomic E-state index is 12.6. The predicted molar refractivity (Wildman–Crippen MR) is 87.3 cm³/mol. The number of carbonyl (C=O) groups excluding carboxylic acids is 1. The molecule has 0 spiro atoms. The average molecular weight is 346 g/mol. The molecular weight excluding hydrogens is 335 g/mol. The quantitative estimate of drug-likeness (QED) is 0.417. The summed E-state index contributed by atoms with van der Waals surface area (Å²) in [6.45, 7) is 0. The second-order valence-corrected chi connectivity index (χ2v) is 7.21. The first kappa shape index (κ1) is 15.7. The van der Waals surface area contributed by atoms with E-state index in [-0.39, 0.29) is 5.78 Å². The predicted octanol–water partition coefficient (Wildman–Crippen LogP) is 5.47. The minimum Gasteiger partial charge on any atom is -0.289 e. The van der Waals surface area contributed by atoms with Gasteiger partial charge >= 0.3 is 0 Å². The van der Waals surface area contributed by atoms with E-state index in [0.29, 0.717) is 16.7 Å². The molecule has 104 valence electrons. The highest BCUT2D eigenvalue weighted by Gasteiger charge is 2.31. The Morgan fingerprint density at radius 2 is 1.65 bits per heavy atom. The van der Waals surface area contributed by atoms with Crippen molar-refractivity contribution in [1.29, 1.82) is 0 Å². The lowest BCUT2D eigenvalue weighted by Gasteiger charge is -2.19. The number of alkyl halides is 3. The van der Waals surface area contributed by atoms with E-state index in [0.717, 1.165) is 4.90 Å². The zero-order chi connectivity index (χ0) is 14.8. The molecule has 0 atom stereocenters. The monoisotopic (exact) mass is 344 g/mol. The van der Waals surface area contributed by atoms with E-state index in [1.165, 1.54) is 11.8 Å². The van der Waals surface area contributed by atoms with Crippen LogP contribution >= 0.6 is 46.6 Å². The summed E-state index contributed by atoms with van der Waals surface area (Å²) in [5, 5.41) is 0. The van der Waals surface area contributed by atoms with Gasteiger partial charge in [-0.15, -0.1) is 11.8 Å². The van der Waals surface area contributed by atoms with E-state index in [2.05, 4.69) is 0 Å². The first-order chi connectivity index (χ1) is 9.45. The maximum atomic E-state index is 12.6. The number of hydrogen-bond donors (Lipinski definition) is 0. The van der Waals surface area contributed by atoms with Gasteiger partial charge in [0.25, 0.3) is 0 Å². The van der Waals surface area contributed by atoms with Gasteiger partial charge in [-0.3, -0.25) is 4.79 Å². The minimum absolute atomic E-state index is 0.150. The fraction of sp³-hybridized carbons (Fsp3) is 0.133. The van der Waals surface area contributed by atoms with Gasteiger partial charge in [-0.05, 0) is 12.3 Å². The van der Waals surface area contributed by atoms with Gasteiger partial charge in [0.15, 0.2) is 5.78 Å². The van der Waals surface area contributed by atoms with Gasteiger partial charge in [-0.1, -0.05) is 77.3 Å². The smallest absolute Gasteiger partial charge is 0.217 e. The van der Waals surface area contributed by atoms with Gasteiger partial charge in [0.05, 0.1) is 0 Å². The number of ketones is 1. The Morgan fingerprint density at radius 3 is 2.20 bits per heavy atom. The van der Waals surface area contributed by atoms with Crippen molar-refractivity contribution in [2.24, 2.45) is 0 Å². The molecule has 2 rings (SSSR count). The van der Waals surface area contributed by atoms with Crippen molar-refractivity contribution in [2.75, 3.05) is 6.26 Å². The van der Waals surface area contributed by atoms with Gasteiger partial charge in [0.1, 0.15) is 0 Å². The van der Waals surface area contributed by atoms with Crippen molar-refractivity contribution in [1.82, 2.24) is 0 Å². The van der Waals surface area contributed by atoms with Crippen LogP contribution in [0.15, 0.2) is 53.4 Å². The molecule has 0 aliphatic rings. The molecule has 0 aliphatic carbocycles. The lowest BCUT2D eigenvalue weighted by atomic mass is 9.99. The molecule has 0 heterocycles. The van der Waals surface area contributed by atoms with Gasteiger partial charge in [0, 0.05) is 21.6 Å². The summed E-state index contributed by atoms with van der Waals surface area (Å²) in [4.78, 5) is 13.4. The molecule has 0 N–H and O–H groups in total. The average Bonchev–Trinajstić information content (AvgIpc) is 2.45. The third-order valence-corrected chi connectivity index (χ3v) is 4.16. The molecule has 2 aromatic rings. The molecule has 0 saturated heterocycles. The molecule has 2 aromatic carbocycles. The van der Waals surface area contributed by atoms with Crippen molar-refractivity contribution >= 4 is 52.3 Å². The molecule has 0 aliphatic heterocycles. The van der Waals surface area contributed by atoms with Crippen LogP contribution in [-0.4, -0.2) is 12.0 Å². The first-order valence-electron chi connectivity index (χ1n) is 5.79. The fourth-order valence-corrected chi connectivity index (χ4v) is 3.39. The molecule has 1 nitrogen and oxygen atoms in total. The SMILES string of the molecule is CSc1cccc(C(=O)c2ccccc2)c1C(Cl)(Cl)Cl. The molecule has 0 amide bonds. The van der Waals surface area contributed by atoms with Crippen LogP contribution in [0.1, 0.15) is 21.5 Å². The summed E-state index contributed by atoms with van der Waals surface area (Å²) < 4.78 is -1.64. The molecule has 5 heteroatoms. The summed E-state index contributed by atoms with van der Waals surface area (Å²) in [5.74, 6) is -0.150. The van der Waals surface area contributed by atoms with E-state index in [1.54, 1.807) is 36.4 Å². The highest BCUT2D eigenvalue weighted by atomic mass is 35.6. The Bertz CT molecular complexity index is 621. The van der Waals surface area contributed by atoms with Gasteiger partial charge < -0.3 is 0 Å². The second kappa shape index (κ2) is 6.40. The molecule has 20 heavy (non-hydrogen) atoms. The number of thioether (sulfide) groups is 1. The van der Waals surface area contributed by atoms with Crippen molar-refractivity contribution in [3.8, 4) is 0 Å². The number of carbonyl (C=O) groups is 1. The summed E-state index contributed by atoms with van der Waals surface area (Å²) in [6.07, 6.45) is 1.88. The van der Waals surface area contributed by atoms with Crippen LogP contribution in [0.2, 0.25) is 0 Å². The van der Waals surface area contributed by atoms with Crippen LogP contribution in [0.25, 0.3) is 0 Å². The zero-order valence-corrected chi connectivity index (χ0v) is 13.7. The highest BCUT2D eigenvalue weighted by Crippen LogP contribution is 2.44. The molecule has 0 unspecified atom stereocenters. The van der Waals surface area contributed by atoms with E-state index >= 15 is 0 Å². The lowest BCUT2D eigenvalue weighted by Crippen LogP contribution is -2.12. The van der Waals surface area contributed by atoms with E-state index < -0.39 is 3.79 Å². The zero-order valence-electron chi connectivity index (χ0n) is 10.6. The molecule has 0 saturated carbocycles. The number of halogens is 3. The van der Waals surface area contributed by atoms with Crippen LogP contribution in [0.3, 0.4) is 0 Å². The highest BCUT2D eigenvalue weighted by molar-refractivity contribution is 7.98. The van der Waals surface area contributed by atoms with Crippen LogP contribution in [0.4, 0.5) is 0 Å². The molecule has 0 radical (unpaired) electrons. The molecule has 0 aromatic heterocycles. The molecule has 0 fully saturated rings. The van der Waals surface area contributed by atoms with Crippen molar-refractivity contribution in [3.63, 3.8) is 0 Å². The topological polar surface area (TPSA) is 17.1 Å². The largest absolute Gasteiger partial charge is 0.289 e. The Kier molecular flexibility index (Phi) is 5.03. The van der Waals surface area contributed by atoms with E-state index in [1.807, 2.05) is 18.4 Å². The second-order valence-electron chi connectivity index (χ2n) is 4.08. The van der Waals surface area contributed by atoms with Crippen molar-refractivity contribution in [2.45, 2.75) is 8.69 Å². The van der Waals surface area contributed by atoms with Crippen LogP contribution in [-0.2, 0) is 3.79 Å². The lowest BCUT2D eigenvalue weighted by molar-refractivity contribution is 0.103. The normalized spacial score (nSPS) is 11.4. The van der Waals surface area contributed by atoms with Crippen LogP contribution in [0.5, 0.6) is 0 Å². The minimum atomic E-state index is -1.64. The maximum Gasteiger partial charge on any atom is 0.217 e. The van der Waals surface area contributed by atoms with Crippen molar-refractivity contribution < 1.29 is 4.79 Å². The molecular formula is C15H11Cl3OS. The summed E-state index contributed by atoms with van der Waals surface area (Å²) in [6, 6.07) is 14.3. The first-order valence-corrected chi connectivity index (χ1v) is 8.15. The van der Waals surface area contributed by atoms with Crippen molar-refractivity contribution in [3.05, 3.63) is 65.2 Å². The van der Waals surface area contributed by atoms with E-state index in [9.17, 15) is 4.79 Å². The third kappa shape index (κ3) is 3.32. The fourth-order valence-electron chi connectivity index (χ4n) is 1.93. The van der Waals surface area contributed by atoms with Gasteiger partial charge in [0.2, 0.25) is 3.79 Å². The number of rotatable bonds is 3. The summed E-state index contributed by atoms with van der Waals surface area (Å²) >= 11 is 19.6. The number of benzene rings is 2. The third-order valence-electron chi connectivity index (χ3n) is 2.81. The Balaban J connectivity index is 2.60. The van der Waals surface area contributed by atoms with Crippen LogP contribution in [0, 0.1) is 0 Å². The Morgan fingerprint density at radius 1 is 1.00 bits per heavy atom. The van der Waals surface area contributed by atoms with Gasteiger partial charge in [-0.2, -0.15) is 0 Å². The van der Waals surface area contributed by atoms with E-state index in [4.69, 9.17) is 34.8 Å².